The van der Waals surface area contributed by atoms with Gasteiger partial charge in [-0.3, -0.25) is 4.79 Å². The van der Waals surface area contributed by atoms with Crippen LogP contribution in [0.4, 0.5) is 0 Å². The van der Waals surface area contributed by atoms with E-state index in [2.05, 4.69) is 31.9 Å². The predicted molar refractivity (Wildman–Crippen MR) is 70.7 cm³/mol. The Morgan fingerprint density at radius 3 is 2.44 bits per heavy atom. The van der Waals surface area contributed by atoms with E-state index in [0.29, 0.717) is 4.47 Å². The standard InChI is InChI=1S/C9H9Br2NO5S/c10-5-1-2-8(6(11)3-5)18(16,17)12-7(4-13)9(14)15/h1-3,7,12-13H,4H2,(H,14,15)/t7-/m0/s1. The molecule has 0 bridgehead atoms. The molecule has 6 nitrogen and oxygen atoms in total. The van der Waals surface area contributed by atoms with Crippen molar-refractivity contribution in [2.75, 3.05) is 6.61 Å². The number of nitrogens with one attached hydrogen (secondary N) is 1. The molecule has 1 aromatic carbocycles. The molecule has 0 radical (unpaired) electrons. The molecule has 0 saturated heterocycles. The van der Waals surface area contributed by atoms with Crippen molar-refractivity contribution in [3.8, 4) is 0 Å². The molecule has 0 aromatic heterocycles. The third kappa shape index (κ3) is 3.75. The summed E-state index contributed by atoms with van der Waals surface area (Å²) in [4.78, 5) is 10.6. The van der Waals surface area contributed by atoms with Crippen LogP contribution in [-0.2, 0) is 14.8 Å². The van der Waals surface area contributed by atoms with Gasteiger partial charge in [-0.1, -0.05) is 15.9 Å². The van der Waals surface area contributed by atoms with Gasteiger partial charge < -0.3 is 10.2 Å². The van der Waals surface area contributed by atoms with Crippen LogP contribution in [0, 0.1) is 0 Å². The number of carboxylic acid groups (broad SMARTS) is 1. The van der Waals surface area contributed by atoms with Crippen molar-refractivity contribution in [1.82, 2.24) is 4.72 Å². The molecule has 0 heterocycles. The van der Waals surface area contributed by atoms with Gasteiger partial charge in [-0.05, 0) is 34.1 Å². The highest BCUT2D eigenvalue weighted by molar-refractivity contribution is 9.11. The maximum absolute atomic E-state index is 11.9. The Morgan fingerprint density at radius 2 is 2.00 bits per heavy atom. The number of benzene rings is 1. The van der Waals surface area contributed by atoms with E-state index in [4.69, 9.17) is 10.2 Å². The predicted octanol–water partition coefficient (Wildman–Crippen LogP) is 0.935. The van der Waals surface area contributed by atoms with Gasteiger partial charge in [-0.2, -0.15) is 4.72 Å². The normalized spacial score (nSPS) is 13.3. The Hall–Kier alpha value is -0.480. The summed E-state index contributed by atoms with van der Waals surface area (Å²) in [7, 11) is -4.02. The second-order valence-corrected chi connectivity index (χ2v) is 6.72. The zero-order chi connectivity index (χ0) is 13.9. The van der Waals surface area contributed by atoms with Crippen molar-refractivity contribution in [1.29, 1.82) is 0 Å². The maximum Gasteiger partial charge on any atom is 0.324 e. The van der Waals surface area contributed by atoms with Crippen LogP contribution in [0.3, 0.4) is 0 Å². The second-order valence-electron chi connectivity index (χ2n) is 3.27. The number of aliphatic hydroxyl groups is 1. The van der Waals surface area contributed by atoms with Gasteiger partial charge in [-0.25, -0.2) is 8.42 Å². The largest absolute Gasteiger partial charge is 0.480 e. The van der Waals surface area contributed by atoms with E-state index in [9.17, 15) is 13.2 Å². The molecule has 0 aliphatic carbocycles. The van der Waals surface area contributed by atoms with Crippen LogP contribution in [0.5, 0.6) is 0 Å². The third-order valence-corrected chi connectivity index (χ3v) is 4.90. The lowest BCUT2D eigenvalue weighted by atomic mass is 10.3. The van der Waals surface area contributed by atoms with Crippen LogP contribution in [-0.4, -0.2) is 37.2 Å². The fourth-order valence-electron chi connectivity index (χ4n) is 1.11. The molecule has 9 heteroatoms. The van der Waals surface area contributed by atoms with Crippen molar-refractivity contribution in [3.05, 3.63) is 27.1 Å². The van der Waals surface area contributed by atoms with Gasteiger partial charge in [0, 0.05) is 8.95 Å². The molecule has 0 saturated carbocycles. The van der Waals surface area contributed by atoms with Crippen molar-refractivity contribution < 1.29 is 23.4 Å². The van der Waals surface area contributed by atoms with Crippen LogP contribution in [0.15, 0.2) is 32.0 Å². The molecule has 18 heavy (non-hydrogen) atoms. The van der Waals surface area contributed by atoms with Gasteiger partial charge in [0.05, 0.1) is 11.5 Å². The van der Waals surface area contributed by atoms with Gasteiger partial charge in [0.2, 0.25) is 10.0 Å². The number of aliphatic carboxylic acids is 1. The topological polar surface area (TPSA) is 104 Å². The molecule has 1 atom stereocenters. The molecule has 0 spiro atoms. The quantitative estimate of drug-likeness (QED) is 0.679. The first-order valence-electron chi connectivity index (χ1n) is 4.59. The highest BCUT2D eigenvalue weighted by Gasteiger charge is 2.26. The number of halogens is 2. The Bertz CT molecular complexity index is 560. The molecular formula is C9H9Br2NO5S. The minimum absolute atomic E-state index is 0.106. The first kappa shape index (κ1) is 15.6. The van der Waals surface area contributed by atoms with Gasteiger partial charge in [0.25, 0.3) is 0 Å². The average molecular weight is 403 g/mol. The Morgan fingerprint density at radius 1 is 1.39 bits per heavy atom. The first-order chi connectivity index (χ1) is 8.27. The summed E-state index contributed by atoms with van der Waals surface area (Å²) in [6.45, 7) is -0.831. The summed E-state index contributed by atoms with van der Waals surface area (Å²) >= 11 is 6.24. The third-order valence-electron chi connectivity index (χ3n) is 1.96. The zero-order valence-electron chi connectivity index (χ0n) is 8.80. The first-order valence-corrected chi connectivity index (χ1v) is 7.66. The van der Waals surface area contributed by atoms with E-state index in [1.54, 1.807) is 0 Å². The van der Waals surface area contributed by atoms with E-state index in [-0.39, 0.29) is 9.37 Å². The molecule has 0 aliphatic heterocycles. The van der Waals surface area contributed by atoms with Gasteiger partial charge in [0.1, 0.15) is 6.04 Å². The van der Waals surface area contributed by atoms with E-state index in [1.807, 2.05) is 4.72 Å². The molecule has 0 amide bonds. The number of sulfonamides is 1. The molecule has 0 fully saturated rings. The Kier molecular flexibility index (Phi) is 5.29. The van der Waals surface area contributed by atoms with Crippen molar-refractivity contribution in [2.24, 2.45) is 0 Å². The van der Waals surface area contributed by atoms with Crippen LogP contribution in [0.1, 0.15) is 0 Å². The Labute approximate surface area is 120 Å². The number of carboxylic acids is 1. The van der Waals surface area contributed by atoms with Crippen LogP contribution < -0.4 is 4.72 Å². The lowest BCUT2D eigenvalue weighted by molar-refractivity contribution is -0.139. The number of carbonyl (C=O) groups is 1. The van der Waals surface area contributed by atoms with E-state index < -0.39 is 28.6 Å². The second kappa shape index (κ2) is 6.11. The van der Waals surface area contributed by atoms with Gasteiger partial charge in [0.15, 0.2) is 0 Å². The average Bonchev–Trinajstić information content (AvgIpc) is 2.24. The lowest BCUT2D eigenvalue weighted by Crippen LogP contribution is -2.43. The van der Waals surface area contributed by atoms with Crippen LogP contribution in [0.2, 0.25) is 0 Å². The molecule has 100 valence electrons. The summed E-state index contributed by atoms with van der Waals surface area (Å²) < 4.78 is 26.7. The van der Waals surface area contributed by atoms with Crippen LogP contribution in [0.25, 0.3) is 0 Å². The van der Waals surface area contributed by atoms with Gasteiger partial charge >= 0.3 is 5.97 Å². The molecule has 0 unspecified atom stereocenters. The highest BCUT2D eigenvalue weighted by atomic mass is 79.9. The highest BCUT2D eigenvalue weighted by Crippen LogP contribution is 2.25. The van der Waals surface area contributed by atoms with Crippen molar-refractivity contribution in [2.45, 2.75) is 10.9 Å². The lowest BCUT2D eigenvalue weighted by Gasteiger charge is -2.13. The fraction of sp³-hybridized carbons (Fsp3) is 0.222. The summed E-state index contributed by atoms with van der Waals surface area (Å²) in [6, 6.07) is 2.76. The number of rotatable bonds is 5. The maximum atomic E-state index is 11.9. The van der Waals surface area contributed by atoms with E-state index in [1.165, 1.54) is 18.2 Å². The summed E-state index contributed by atoms with van der Waals surface area (Å²) in [5.41, 5.74) is 0. The molecule has 0 aliphatic rings. The van der Waals surface area contributed by atoms with E-state index in [0.717, 1.165) is 0 Å². The van der Waals surface area contributed by atoms with E-state index >= 15 is 0 Å². The summed E-state index contributed by atoms with van der Waals surface area (Å²) in [6.07, 6.45) is 0. The van der Waals surface area contributed by atoms with Crippen LogP contribution >= 0.6 is 31.9 Å². The SMILES string of the molecule is O=C(O)[C@H](CO)NS(=O)(=O)c1ccc(Br)cc1Br. The van der Waals surface area contributed by atoms with Gasteiger partial charge in [-0.15, -0.1) is 0 Å². The minimum atomic E-state index is -4.02. The Balaban J connectivity index is 3.10. The number of hydrogen-bond donors (Lipinski definition) is 3. The smallest absolute Gasteiger partial charge is 0.324 e. The number of hydrogen-bond acceptors (Lipinski definition) is 4. The molecule has 1 aromatic rings. The zero-order valence-corrected chi connectivity index (χ0v) is 12.8. The van der Waals surface area contributed by atoms with Crippen molar-refractivity contribution >= 4 is 47.9 Å². The number of aliphatic hydroxyl groups excluding tert-OH is 1. The minimum Gasteiger partial charge on any atom is -0.480 e. The monoisotopic (exact) mass is 401 g/mol. The summed E-state index contributed by atoms with van der Waals surface area (Å²) in [5, 5.41) is 17.5. The summed E-state index contributed by atoms with van der Waals surface area (Å²) in [5.74, 6) is -1.45. The molecule has 1 rings (SSSR count). The molecule has 3 N–H and O–H groups in total. The molecular weight excluding hydrogens is 394 g/mol. The van der Waals surface area contributed by atoms with Crippen molar-refractivity contribution in [3.63, 3.8) is 0 Å². The fourth-order valence-corrected chi connectivity index (χ4v) is 4.04.